The quantitative estimate of drug-likeness (QED) is 0.590. The van der Waals surface area contributed by atoms with Crippen molar-refractivity contribution in [3.05, 3.63) is 78.1 Å². The van der Waals surface area contributed by atoms with Gasteiger partial charge in [0.2, 0.25) is 0 Å². The first-order chi connectivity index (χ1) is 16.7. The zero-order chi connectivity index (χ0) is 25.4. The average molecular weight is 490 g/mol. The topological polar surface area (TPSA) is 87.9 Å². The van der Waals surface area contributed by atoms with Gasteiger partial charge in [0.25, 0.3) is 5.91 Å². The van der Waals surface area contributed by atoms with Crippen LogP contribution < -0.4 is 4.74 Å². The van der Waals surface area contributed by atoms with Crippen molar-refractivity contribution in [2.45, 2.75) is 12.7 Å². The number of hydrogen-bond donors (Lipinski definition) is 1. The van der Waals surface area contributed by atoms with Crippen molar-refractivity contribution in [3.8, 4) is 11.4 Å². The van der Waals surface area contributed by atoms with Crippen molar-refractivity contribution in [2.24, 2.45) is 0 Å². The maximum Gasteiger partial charge on any atom is 0.490 e. The minimum Gasteiger partial charge on any atom is -0.497 e. The maximum atomic E-state index is 13.1. The Hall–Kier alpha value is -3.86. The second kappa shape index (κ2) is 11.5. The Kier molecular flexibility index (Phi) is 8.48. The van der Waals surface area contributed by atoms with E-state index in [9.17, 15) is 18.0 Å². The molecule has 0 aliphatic carbocycles. The Morgan fingerprint density at radius 2 is 1.71 bits per heavy atom. The first-order valence-corrected chi connectivity index (χ1v) is 10.7. The molecule has 1 aliphatic heterocycles. The molecule has 0 atom stereocenters. The highest BCUT2D eigenvalue weighted by Gasteiger charge is 2.38. The van der Waals surface area contributed by atoms with Crippen LogP contribution in [0, 0.1) is 0 Å². The van der Waals surface area contributed by atoms with E-state index in [2.05, 4.69) is 22.1 Å². The van der Waals surface area contributed by atoms with Crippen LogP contribution in [0.3, 0.4) is 0 Å². The predicted octanol–water partition coefficient (Wildman–Crippen LogP) is 3.47. The number of amides is 1. The van der Waals surface area contributed by atoms with E-state index in [-0.39, 0.29) is 5.91 Å². The van der Waals surface area contributed by atoms with Gasteiger partial charge in [-0.3, -0.25) is 9.69 Å². The van der Waals surface area contributed by atoms with Gasteiger partial charge < -0.3 is 14.7 Å². The molecule has 0 spiro atoms. The summed E-state index contributed by atoms with van der Waals surface area (Å²) in [5.41, 5.74) is 2.73. The number of rotatable bonds is 5. The smallest absolute Gasteiger partial charge is 0.490 e. The predicted molar refractivity (Wildman–Crippen MR) is 121 cm³/mol. The van der Waals surface area contributed by atoms with Crippen LogP contribution in [-0.4, -0.2) is 76.0 Å². The summed E-state index contributed by atoms with van der Waals surface area (Å²) >= 11 is 0. The summed E-state index contributed by atoms with van der Waals surface area (Å²) in [4.78, 5) is 26.3. The number of halogens is 3. The molecule has 2 aromatic carbocycles. The number of ether oxygens (including phenoxy) is 1. The Balaban J connectivity index is 0.000000429. The molecule has 0 saturated carbocycles. The van der Waals surface area contributed by atoms with Crippen molar-refractivity contribution in [2.75, 3.05) is 33.3 Å². The minimum absolute atomic E-state index is 0.0622. The van der Waals surface area contributed by atoms with Crippen LogP contribution in [0.5, 0.6) is 5.75 Å². The van der Waals surface area contributed by atoms with Gasteiger partial charge in [0.05, 0.1) is 18.4 Å². The Labute approximate surface area is 200 Å². The zero-order valence-corrected chi connectivity index (χ0v) is 19.0. The molecule has 0 bridgehead atoms. The Morgan fingerprint density at radius 1 is 1.03 bits per heavy atom. The molecular weight excluding hydrogens is 465 g/mol. The van der Waals surface area contributed by atoms with Gasteiger partial charge in [0, 0.05) is 45.1 Å². The van der Waals surface area contributed by atoms with Crippen molar-refractivity contribution < 1.29 is 32.6 Å². The third kappa shape index (κ3) is 7.06. The highest BCUT2D eigenvalue weighted by molar-refractivity contribution is 5.97. The fourth-order valence-electron chi connectivity index (χ4n) is 3.57. The van der Waals surface area contributed by atoms with Gasteiger partial charge in [-0.1, -0.05) is 24.3 Å². The first kappa shape index (κ1) is 25.8. The molecule has 0 radical (unpaired) electrons. The first-order valence-electron chi connectivity index (χ1n) is 10.7. The van der Waals surface area contributed by atoms with Gasteiger partial charge in [0.1, 0.15) is 5.75 Å². The van der Waals surface area contributed by atoms with E-state index >= 15 is 0 Å². The van der Waals surface area contributed by atoms with Gasteiger partial charge in [-0.05, 0) is 35.9 Å². The molecule has 8 nitrogen and oxygen atoms in total. The van der Waals surface area contributed by atoms with Crippen molar-refractivity contribution >= 4 is 11.9 Å². The molecule has 4 rings (SSSR count). The summed E-state index contributed by atoms with van der Waals surface area (Å²) in [7, 11) is 1.69. The number of alkyl halides is 3. The van der Waals surface area contributed by atoms with Crippen molar-refractivity contribution in [1.29, 1.82) is 0 Å². The minimum atomic E-state index is -5.08. The van der Waals surface area contributed by atoms with Crippen LogP contribution in [0.2, 0.25) is 0 Å². The summed E-state index contributed by atoms with van der Waals surface area (Å²) in [6, 6.07) is 17.6. The van der Waals surface area contributed by atoms with Gasteiger partial charge in [-0.15, -0.1) is 0 Å². The lowest BCUT2D eigenvalue weighted by Crippen LogP contribution is -2.48. The molecule has 1 amide bonds. The molecule has 3 aromatic rings. The Morgan fingerprint density at radius 3 is 2.31 bits per heavy atom. The molecule has 0 unspecified atom stereocenters. The number of methoxy groups -OCH3 is 1. The van der Waals surface area contributed by atoms with Crippen LogP contribution >= 0.6 is 0 Å². The summed E-state index contributed by atoms with van der Waals surface area (Å²) in [5.74, 6) is -1.82. The molecular formula is C24H25F3N4O4. The number of para-hydroxylation sites is 1. The van der Waals surface area contributed by atoms with Gasteiger partial charge >= 0.3 is 12.1 Å². The third-order valence-corrected chi connectivity index (χ3v) is 5.33. The van der Waals surface area contributed by atoms with E-state index in [1.165, 1.54) is 5.56 Å². The number of hydrogen-bond acceptors (Lipinski definition) is 5. The summed E-state index contributed by atoms with van der Waals surface area (Å²) in [6.45, 7) is 4.01. The highest BCUT2D eigenvalue weighted by Crippen LogP contribution is 2.19. The normalized spacial score (nSPS) is 14.1. The fraction of sp³-hybridized carbons (Fsp3) is 0.292. The molecule has 2 heterocycles. The number of carbonyl (C=O) groups is 2. The number of benzene rings is 2. The molecule has 35 heavy (non-hydrogen) atoms. The lowest BCUT2D eigenvalue weighted by atomic mass is 10.1. The van der Waals surface area contributed by atoms with Crippen LogP contribution in [0.25, 0.3) is 5.69 Å². The number of aliphatic carboxylic acids is 1. The number of carboxylic acids is 1. The summed E-state index contributed by atoms with van der Waals surface area (Å²) < 4.78 is 38.8. The van der Waals surface area contributed by atoms with E-state index in [0.717, 1.165) is 44.2 Å². The summed E-state index contributed by atoms with van der Waals surface area (Å²) in [6.07, 6.45) is -1.50. The number of nitrogens with zero attached hydrogens (tertiary/aromatic N) is 4. The molecule has 1 N–H and O–H groups in total. The molecule has 1 aromatic heterocycles. The molecule has 186 valence electrons. The van der Waals surface area contributed by atoms with E-state index in [1.54, 1.807) is 18.0 Å². The van der Waals surface area contributed by atoms with Gasteiger partial charge in [0.15, 0.2) is 0 Å². The van der Waals surface area contributed by atoms with Crippen molar-refractivity contribution in [1.82, 2.24) is 19.6 Å². The lowest BCUT2D eigenvalue weighted by Gasteiger charge is -2.35. The monoisotopic (exact) mass is 490 g/mol. The van der Waals surface area contributed by atoms with Crippen molar-refractivity contribution in [3.63, 3.8) is 0 Å². The third-order valence-electron chi connectivity index (χ3n) is 5.33. The number of carbonyl (C=O) groups excluding carboxylic acids is 1. The van der Waals surface area contributed by atoms with Crippen LogP contribution in [0.15, 0.2) is 67.0 Å². The van der Waals surface area contributed by atoms with E-state index in [4.69, 9.17) is 14.6 Å². The number of piperazine rings is 1. The van der Waals surface area contributed by atoms with Crippen LogP contribution in [-0.2, 0) is 11.3 Å². The zero-order valence-electron chi connectivity index (χ0n) is 19.0. The van der Waals surface area contributed by atoms with Crippen LogP contribution in [0.1, 0.15) is 15.9 Å². The lowest BCUT2D eigenvalue weighted by molar-refractivity contribution is -0.192. The van der Waals surface area contributed by atoms with Gasteiger partial charge in [-0.25, -0.2) is 9.48 Å². The Bertz CT molecular complexity index is 1130. The fourth-order valence-corrected chi connectivity index (χ4v) is 3.57. The molecule has 1 saturated heterocycles. The molecule has 1 aliphatic rings. The standard InChI is InChI=1S/C22H24N4O2.C2HF3O2/c1-28-19-7-4-6-18(16-19)17-24-12-14-25(15-13-24)22(27)20-8-2-3-9-21(20)26-11-5-10-23-26;3-2(4,5)1(6)7/h2-11,16H,12-15,17H2,1H3;(H,6,7). The van der Waals surface area contributed by atoms with E-state index < -0.39 is 12.1 Å². The van der Waals surface area contributed by atoms with Gasteiger partial charge in [-0.2, -0.15) is 18.3 Å². The van der Waals surface area contributed by atoms with E-state index in [0.29, 0.717) is 5.56 Å². The summed E-state index contributed by atoms with van der Waals surface area (Å²) in [5, 5.41) is 11.4. The largest absolute Gasteiger partial charge is 0.497 e. The SMILES string of the molecule is COc1cccc(CN2CCN(C(=O)c3ccccc3-n3cccn3)CC2)c1.O=C(O)C(F)(F)F. The highest BCUT2D eigenvalue weighted by atomic mass is 19.4. The second-order valence-electron chi connectivity index (χ2n) is 7.69. The molecule has 11 heteroatoms. The molecule has 1 fully saturated rings. The van der Waals surface area contributed by atoms with E-state index in [1.807, 2.05) is 53.6 Å². The average Bonchev–Trinajstić information content (AvgIpc) is 3.39. The second-order valence-corrected chi connectivity index (χ2v) is 7.69. The van der Waals surface area contributed by atoms with Crippen LogP contribution in [0.4, 0.5) is 13.2 Å². The maximum absolute atomic E-state index is 13.1. The number of aromatic nitrogens is 2. The number of carboxylic acid groups (broad SMARTS) is 1.